The lowest BCUT2D eigenvalue weighted by molar-refractivity contribution is 0.666. The summed E-state index contributed by atoms with van der Waals surface area (Å²) in [6.45, 7) is 4.79. The second kappa shape index (κ2) is 6.86. The molecule has 1 aliphatic rings. The fraction of sp³-hybridized carbons (Fsp3) is 0.0857. The minimum atomic E-state index is -0.0997. The first-order valence-electron chi connectivity index (χ1n) is 12.7. The Hall–Kier alpha value is -4.36. The maximum atomic E-state index is 2.56. The molecule has 0 unspecified atom stereocenters. The fourth-order valence-electron chi connectivity index (χ4n) is 6.76. The molecule has 7 aromatic rings. The highest BCUT2D eigenvalue weighted by atomic mass is 15.0. The van der Waals surface area contributed by atoms with Crippen molar-refractivity contribution < 1.29 is 0 Å². The summed E-state index contributed by atoms with van der Waals surface area (Å²) in [6.07, 6.45) is 0. The third kappa shape index (κ3) is 2.40. The second-order valence-electron chi connectivity index (χ2n) is 10.6. The molecule has 6 aromatic carbocycles. The highest BCUT2D eigenvalue weighted by molar-refractivity contribution is 6.27. The van der Waals surface area contributed by atoms with Crippen LogP contribution in [-0.2, 0) is 5.41 Å². The Bertz CT molecular complexity index is 2020. The van der Waals surface area contributed by atoms with Crippen molar-refractivity contribution >= 4 is 43.2 Å². The molecule has 0 fully saturated rings. The van der Waals surface area contributed by atoms with Gasteiger partial charge in [-0.15, -0.1) is 0 Å². The average molecular weight is 460 g/mol. The summed E-state index contributed by atoms with van der Waals surface area (Å²) in [5.74, 6) is 0. The minimum Gasteiger partial charge on any atom is -0.308 e. The zero-order chi connectivity index (χ0) is 24.0. The maximum absolute atomic E-state index is 2.56. The van der Waals surface area contributed by atoms with Gasteiger partial charge in [0, 0.05) is 27.4 Å². The van der Waals surface area contributed by atoms with Crippen molar-refractivity contribution in [2.24, 2.45) is 0 Å². The van der Waals surface area contributed by atoms with Gasteiger partial charge in [-0.05, 0) is 50.2 Å². The monoisotopic (exact) mass is 459 g/mol. The molecule has 0 aliphatic heterocycles. The smallest absolute Gasteiger partial charge is 0.0623 e. The number of benzene rings is 6. The first kappa shape index (κ1) is 19.9. The molecule has 0 saturated heterocycles. The van der Waals surface area contributed by atoms with E-state index < -0.39 is 0 Å². The molecule has 0 atom stereocenters. The number of fused-ring (bicyclic) bond motifs is 11. The molecule has 0 spiro atoms. The van der Waals surface area contributed by atoms with Gasteiger partial charge in [-0.25, -0.2) is 0 Å². The Labute approximate surface area is 210 Å². The SMILES string of the molecule is CC1(C)c2ccccc2-c2c1c1c3ccccc3c3ccccc3c1n2-c1ccc2ccccc2c1. The zero-order valence-electron chi connectivity index (χ0n) is 20.4. The van der Waals surface area contributed by atoms with Crippen LogP contribution < -0.4 is 0 Å². The van der Waals surface area contributed by atoms with E-state index in [1.165, 1.54) is 71.3 Å². The van der Waals surface area contributed by atoms with Crippen LogP contribution in [-0.4, -0.2) is 4.57 Å². The zero-order valence-corrected chi connectivity index (χ0v) is 20.4. The van der Waals surface area contributed by atoms with Gasteiger partial charge in [0.1, 0.15) is 0 Å². The number of hydrogen-bond acceptors (Lipinski definition) is 0. The van der Waals surface area contributed by atoms with Crippen LogP contribution >= 0.6 is 0 Å². The molecule has 1 heteroatoms. The van der Waals surface area contributed by atoms with Crippen LogP contribution in [0.2, 0.25) is 0 Å². The normalized spacial score (nSPS) is 14.1. The highest BCUT2D eigenvalue weighted by Crippen LogP contribution is 2.56. The molecule has 170 valence electrons. The summed E-state index contributed by atoms with van der Waals surface area (Å²) in [7, 11) is 0. The molecular weight excluding hydrogens is 434 g/mol. The summed E-state index contributed by atoms with van der Waals surface area (Å²) < 4.78 is 2.56. The molecule has 8 rings (SSSR count). The van der Waals surface area contributed by atoms with Gasteiger partial charge in [0.05, 0.1) is 11.2 Å². The van der Waals surface area contributed by atoms with Gasteiger partial charge in [0.2, 0.25) is 0 Å². The van der Waals surface area contributed by atoms with E-state index in [4.69, 9.17) is 0 Å². The van der Waals surface area contributed by atoms with Crippen molar-refractivity contribution in [2.45, 2.75) is 19.3 Å². The van der Waals surface area contributed by atoms with Crippen LogP contribution in [0.4, 0.5) is 0 Å². The molecule has 0 saturated carbocycles. The van der Waals surface area contributed by atoms with Crippen molar-refractivity contribution in [2.75, 3.05) is 0 Å². The largest absolute Gasteiger partial charge is 0.308 e. The quantitative estimate of drug-likeness (QED) is 0.215. The topological polar surface area (TPSA) is 4.93 Å². The Balaban J connectivity index is 1.68. The van der Waals surface area contributed by atoms with Crippen LogP contribution in [0.25, 0.3) is 60.2 Å². The number of nitrogens with zero attached hydrogens (tertiary/aromatic N) is 1. The Morgan fingerprint density at radius 1 is 0.556 bits per heavy atom. The predicted molar refractivity (Wildman–Crippen MR) is 153 cm³/mol. The maximum Gasteiger partial charge on any atom is 0.0623 e. The van der Waals surface area contributed by atoms with E-state index in [1.807, 2.05) is 0 Å². The third-order valence-electron chi connectivity index (χ3n) is 8.31. The number of aromatic nitrogens is 1. The summed E-state index contributed by atoms with van der Waals surface area (Å²) in [4.78, 5) is 0. The van der Waals surface area contributed by atoms with E-state index in [2.05, 4.69) is 134 Å². The molecular formula is C35H25N. The average Bonchev–Trinajstić information content (AvgIpc) is 3.40. The third-order valence-corrected chi connectivity index (χ3v) is 8.31. The van der Waals surface area contributed by atoms with E-state index in [0.29, 0.717) is 0 Å². The molecule has 0 N–H and O–H groups in total. The van der Waals surface area contributed by atoms with Crippen LogP contribution in [0.3, 0.4) is 0 Å². The van der Waals surface area contributed by atoms with Crippen LogP contribution in [0.5, 0.6) is 0 Å². The van der Waals surface area contributed by atoms with Crippen molar-refractivity contribution in [3.05, 3.63) is 126 Å². The van der Waals surface area contributed by atoms with E-state index in [0.717, 1.165) is 0 Å². The van der Waals surface area contributed by atoms with E-state index >= 15 is 0 Å². The lowest BCUT2D eigenvalue weighted by Gasteiger charge is -2.22. The summed E-state index contributed by atoms with van der Waals surface area (Å²) in [5, 5.41) is 9.20. The fourth-order valence-corrected chi connectivity index (χ4v) is 6.76. The molecule has 1 heterocycles. The lowest BCUT2D eigenvalue weighted by Crippen LogP contribution is -2.14. The lowest BCUT2D eigenvalue weighted by atomic mass is 9.80. The molecule has 36 heavy (non-hydrogen) atoms. The predicted octanol–water partition coefficient (Wildman–Crippen LogP) is 9.40. The summed E-state index contributed by atoms with van der Waals surface area (Å²) >= 11 is 0. The van der Waals surface area contributed by atoms with E-state index in [9.17, 15) is 0 Å². The molecule has 1 aromatic heterocycles. The van der Waals surface area contributed by atoms with Crippen molar-refractivity contribution in [3.8, 4) is 16.9 Å². The van der Waals surface area contributed by atoms with Crippen molar-refractivity contribution in [1.82, 2.24) is 4.57 Å². The molecule has 0 bridgehead atoms. The first-order chi connectivity index (χ1) is 17.6. The van der Waals surface area contributed by atoms with Gasteiger partial charge >= 0.3 is 0 Å². The molecule has 1 nitrogen and oxygen atoms in total. The van der Waals surface area contributed by atoms with Crippen LogP contribution in [0.15, 0.2) is 115 Å². The van der Waals surface area contributed by atoms with Gasteiger partial charge < -0.3 is 4.57 Å². The standard InChI is InChI=1S/C35H25N/c1-35(2)30-18-10-9-17-29(30)34-32(35)31-27-15-7-5-13-25(27)26-14-6-8-16-28(26)33(31)36(34)24-20-19-22-11-3-4-12-23(22)21-24/h3-21H,1-2H3. The molecule has 1 aliphatic carbocycles. The summed E-state index contributed by atoms with van der Waals surface area (Å²) in [6, 6.07) is 42.4. The van der Waals surface area contributed by atoms with Crippen molar-refractivity contribution in [1.29, 1.82) is 0 Å². The molecule has 0 radical (unpaired) electrons. The second-order valence-corrected chi connectivity index (χ2v) is 10.6. The number of rotatable bonds is 1. The van der Waals surface area contributed by atoms with Crippen LogP contribution in [0, 0.1) is 0 Å². The van der Waals surface area contributed by atoms with Gasteiger partial charge in [-0.3, -0.25) is 0 Å². The van der Waals surface area contributed by atoms with Gasteiger partial charge in [0.15, 0.2) is 0 Å². The van der Waals surface area contributed by atoms with Gasteiger partial charge in [0.25, 0.3) is 0 Å². The highest BCUT2D eigenvalue weighted by Gasteiger charge is 2.41. The van der Waals surface area contributed by atoms with Crippen LogP contribution in [0.1, 0.15) is 25.0 Å². The van der Waals surface area contributed by atoms with E-state index in [-0.39, 0.29) is 5.41 Å². The molecule has 0 amide bonds. The summed E-state index contributed by atoms with van der Waals surface area (Å²) in [5.41, 5.74) is 7.95. The Morgan fingerprint density at radius 3 is 1.97 bits per heavy atom. The van der Waals surface area contributed by atoms with Gasteiger partial charge in [-0.2, -0.15) is 0 Å². The van der Waals surface area contributed by atoms with E-state index in [1.54, 1.807) is 0 Å². The number of hydrogen-bond donors (Lipinski definition) is 0. The Kier molecular flexibility index (Phi) is 3.79. The van der Waals surface area contributed by atoms with Crippen molar-refractivity contribution in [3.63, 3.8) is 0 Å². The van der Waals surface area contributed by atoms with Gasteiger partial charge in [-0.1, -0.05) is 117 Å². The first-order valence-corrected chi connectivity index (χ1v) is 12.7. The minimum absolute atomic E-state index is 0.0997. The Morgan fingerprint density at radius 2 is 1.17 bits per heavy atom.